The standard InChI is InChI=1S/C11H17N3O4/c1-8-4-10(15)14(18-8)11(16)7-13-2-3-17-9(5-12)6-13/h4,9H,2-3,5-7,12H2,1H3. The van der Waals surface area contributed by atoms with E-state index in [1.165, 1.54) is 6.07 Å². The number of morpholine rings is 1. The number of carbonyl (C=O) groups is 1. The van der Waals surface area contributed by atoms with Gasteiger partial charge in [0.2, 0.25) is 0 Å². The molecule has 7 heteroatoms. The number of nitrogens with two attached hydrogens (primary N) is 1. The van der Waals surface area contributed by atoms with E-state index in [0.717, 1.165) is 4.74 Å². The van der Waals surface area contributed by atoms with Gasteiger partial charge in [-0.15, -0.1) is 4.74 Å². The summed E-state index contributed by atoms with van der Waals surface area (Å²) in [6.07, 6.45) is -0.0541. The summed E-state index contributed by atoms with van der Waals surface area (Å²) in [7, 11) is 0. The van der Waals surface area contributed by atoms with E-state index in [1.54, 1.807) is 6.92 Å². The summed E-state index contributed by atoms with van der Waals surface area (Å²) in [6.45, 7) is 3.97. The van der Waals surface area contributed by atoms with Gasteiger partial charge in [-0.3, -0.25) is 14.5 Å². The Morgan fingerprint density at radius 3 is 3.00 bits per heavy atom. The third kappa shape index (κ3) is 2.87. The number of ether oxygens (including phenoxy) is 1. The maximum absolute atomic E-state index is 11.9. The van der Waals surface area contributed by atoms with Crippen molar-refractivity contribution in [3.05, 3.63) is 22.2 Å². The average Bonchev–Trinajstić information content (AvgIpc) is 2.69. The van der Waals surface area contributed by atoms with Crippen LogP contribution >= 0.6 is 0 Å². The van der Waals surface area contributed by atoms with Gasteiger partial charge in [-0.2, -0.15) is 0 Å². The number of hydrogen-bond donors (Lipinski definition) is 1. The Balaban J connectivity index is 1.99. The van der Waals surface area contributed by atoms with Crippen LogP contribution in [0.2, 0.25) is 0 Å². The molecule has 1 aromatic heterocycles. The molecule has 1 unspecified atom stereocenters. The summed E-state index contributed by atoms with van der Waals surface area (Å²) in [5.74, 6) is 0.0564. The normalized spacial score (nSPS) is 21.1. The minimum absolute atomic E-state index is 0.0541. The molecule has 1 aliphatic rings. The smallest absolute Gasteiger partial charge is 0.290 e. The zero-order valence-corrected chi connectivity index (χ0v) is 10.3. The number of carbonyl (C=O) groups excluding carboxylic acids is 1. The van der Waals surface area contributed by atoms with E-state index in [4.69, 9.17) is 15.0 Å². The van der Waals surface area contributed by atoms with Crippen LogP contribution in [0, 0.1) is 6.92 Å². The van der Waals surface area contributed by atoms with Gasteiger partial charge in [0.05, 0.1) is 19.3 Å². The van der Waals surface area contributed by atoms with Crippen molar-refractivity contribution in [3.63, 3.8) is 0 Å². The lowest BCUT2D eigenvalue weighted by Crippen LogP contribution is -2.48. The Morgan fingerprint density at radius 1 is 1.61 bits per heavy atom. The fraction of sp³-hybridized carbons (Fsp3) is 0.636. The lowest BCUT2D eigenvalue weighted by Gasteiger charge is -2.31. The zero-order chi connectivity index (χ0) is 13.1. The Bertz CT molecular complexity index is 479. The van der Waals surface area contributed by atoms with E-state index < -0.39 is 5.56 Å². The summed E-state index contributed by atoms with van der Waals surface area (Å²) in [5.41, 5.74) is 5.10. The topological polar surface area (TPSA) is 90.7 Å². The molecule has 1 aliphatic heterocycles. The van der Waals surface area contributed by atoms with Gasteiger partial charge in [-0.25, -0.2) is 0 Å². The van der Waals surface area contributed by atoms with Crippen LogP contribution in [0.4, 0.5) is 0 Å². The second-order valence-electron chi connectivity index (χ2n) is 4.34. The second kappa shape index (κ2) is 5.47. The molecular weight excluding hydrogens is 238 g/mol. The molecule has 1 fully saturated rings. The minimum Gasteiger partial charge on any atom is -0.374 e. The highest BCUT2D eigenvalue weighted by molar-refractivity contribution is 5.79. The lowest BCUT2D eigenvalue weighted by atomic mass is 10.2. The summed E-state index contributed by atoms with van der Waals surface area (Å²) < 4.78 is 11.2. The van der Waals surface area contributed by atoms with Gasteiger partial charge in [0, 0.05) is 25.7 Å². The molecule has 1 atom stereocenters. The van der Waals surface area contributed by atoms with E-state index in [1.807, 2.05) is 4.90 Å². The molecule has 0 radical (unpaired) electrons. The van der Waals surface area contributed by atoms with Crippen LogP contribution < -0.4 is 11.3 Å². The summed E-state index contributed by atoms with van der Waals surface area (Å²) in [5, 5.41) is 0. The highest BCUT2D eigenvalue weighted by Gasteiger charge is 2.23. The van der Waals surface area contributed by atoms with Crippen LogP contribution in [-0.2, 0) is 4.74 Å². The first kappa shape index (κ1) is 13.0. The Morgan fingerprint density at radius 2 is 2.39 bits per heavy atom. The highest BCUT2D eigenvalue weighted by atomic mass is 16.5. The summed E-state index contributed by atoms with van der Waals surface area (Å²) in [6, 6.07) is 1.29. The van der Waals surface area contributed by atoms with Gasteiger partial charge < -0.3 is 15.0 Å². The minimum atomic E-state index is -0.430. The lowest BCUT2D eigenvalue weighted by molar-refractivity contribution is -0.0225. The van der Waals surface area contributed by atoms with Crippen molar-refractivity contribution in [2.24, 2.45) is 5.73 Å². The number of aromatic nitrogens is 1. The van der Waals surface area contributed by atoms with E-state index in [-0.39, 0.29) is 18.6 Å². The third-order valence-electron chi connectivity index (χ3n) is 2.83. The third-order valence-corrected chi connectivity index (χ3v) is 2.83. The van der Waals surface area contributed by atoms with Gasteiger partial charge in [0.1, 0.15) is 5.76 Å². The van der Waals surface area contributed by atoms with Crippen LogP contribution in [0.1, 0.15) is 10.6 Å². The fourth-order valence-corrected chi connectivity index (χ4v) is 1.94. The summed E-state index contributed by atoms with van der Waals surface area (Å²) >= 11 is 0. The first-order valence-corrected chi connectivity index (χ1v) is 5.87. The molecule has 0 saturated carbocycles. The van der Waals surface area contributed by atoms with Crippen molar-refractivity contribution in [2.45, 2.75) is 13.0 Å². The molecular formula is C11H17N3O4. The summed E-state index contributed by atoms with van der Waals surface area (Å²) in [4.78, 5) is 25.2. The molecule has 0 spiro atoms. The van der Waals surface area contributed by atoms with Crippen molar-refractivity contribution in [3.8, 4) is 0 Å². The van der Waals surface area contributed by atoms with Gasteiger partial charge in [-0.1, -0.05) is 0 Å². The monoisotopic (exact) mass is 255 g/mol. The number of nitrogens with zero attached hydrogens (tertiary/aromatic N) is 2. The number of rotatable bonds is 3. The molecule has 0 bridgehead atoms. The molecule has 2 heterocycles. The highest BCUT2D eigenvalue weighted by Crippen LogP contribution is 2.04. The van der Waals surface area contributed by atoms with Crippen LogP contribution in [0.25, 0.3) is 0 Å². The maximum Gasteiger partial charge on any atom is 0.290 e. The van der Waals surface area contributed by atoms with Gasteiger partial charge in [0.15, 0.2) is 0 Å². The van der Waals surface area contributed by atoms with E-state index in [9.17, 15) is 9.59 Å². The fourth-order valence-electron chi connectivity index (χ4n) is 1.94. The van der Waals surface area contributed by atoms with E-state index in [0.29, 0.717) is 32.0 Å². The molecule has 0 aromatic carbocycles. The van der Waals surface area contributed by atoms with Crippen molar-refractivity contribution in [1.82, 2.24) is 9.64 Å². The van der Waals surface area contributed by atoms with Crippen LogP contribution in [0.15, 0.2) is 15.4 Å². The number of aryl methyl sites for hydroxylation is 1. The molecule has 100 valence electrons. The van der Waals surface area contributed by atoms with Gasteiger partial charge in [-0.05, 0) is 6.92 Å². The molecule has 0 amide bonds. The Kier molecular flexibility index (Phi) is 3.95. The van der Waals surface area contributed by atoms with Crippen LogP contribution in [0.5, 0.6) is 0 Å². The first-order valence-electron chi connectivity index (χ1n) is 5.87. The molecule has 1 aromatic rings. The average molecular weight is 255 g/mol. The quantitative estimate of drug-likeness (QED) is 0.749. The first-order chi connectivity index (χ1) is 8.60. The van der Waals surface area contributed by atoms with Crippen molar-refractivity contribution in [2.75, 3.05) is 32.8 Å². The van der Waals surface area contributed by atoms with Crippen LogP contribution in [-0.4, -0.2) is 54.4 Å². The molecule has 0 aliphatic carbocycles. The zero-order valence-electron chi connectivity index (χ0n) is 10.3. The molecule has 1 saturated heterocycles. The van der Waals surface area contributed by atoms with Gasteiger partial charge >= 0.3 is 0 Å². The maximum atomic E-state index is 11.9. The largest absolute Gasteiger partial charge is 0.374 e. The van der Waals surface area contributed by atoms with E-state index in [2.05, 4.69) is 0 Å². The SMILES string of the molecule is Cc1cc(=O)n(C(=O)CN2CCOC(CN)C2)o1. The van der Waals surface area contributed by atoms with Crippen molar-refractivity contribution < 1.29 is 14.1 Å². The molecule has 7 nitrogen and oxygen atoms in total. The molecule has 2 N–H and O–H groups in total. The molecule has 2 rings (SSSR count). The predicted molar refractivity (Wildman–Crippen MR) is 63.6 cm³/mol. The van der Waals surface area contributed by atoms with Crippen molar-refractivity contribution in [1.29, 1.82) is 0 Å². The predicted octanol–water partition coefficient (Wildman–Crippen LogP) is -0.951. The molecule has 18 heavy (non-hydrogen) atoms. The van der Waals surface area contributed by atoms with Crippen LogP contribution in [0.3, 0.4) is 0 Å². The van der Waals surface area contributed by atoms with Crippen molar-refractivity contribution >= 4 is 5.91 Å². The Hall–Kier alpha value is -1.44. The second-order valence-corrected chi connectivity index (χ2v) is 4.34. The Labute approximate surface area is 104 Å². The van der Waals surface area contributed by atoms with E-state index >= 15 is 0 Å². The van der Waals surface area contributed by atoms with Gasteiger partial charge in [0.25, 0.3) is 11.5 Å². The number of hydrogen-bond acceptors (Lipinski definition) is 6.